The molecule has 17 heavy (non-hydrogen) atoms. The molecule has 1 aliphatic heterocycles. The van der Waals surface area contributed by atoms with E-state index in [0.717, 1.165) is 12.1 Å². The van der Waals surface area contributed by atoms with Gasteiger partial charge in [0.05, 0.1) is 5.75 Å². The second-order valence-corrected chi connectivity index (χ2v) is 6.42. The lowest BCUT2D eigenvalue weighted by Gasteiger charge is -2.31. The van der Waals surface area contributed by atoms with Crippen molar-refractivity contribution in [2.45, 2.75) is 18.7 Å². The van der Waals surface area contributed by atoms with Crippen molar-refractivity contribution in [3.05, 3.63) is 35.9 Å². The fourth-order valence-corrected chi connectivity index (χ4v) is 3.64. The summed E-state index contributed by atoms with van der Waals surface area (Å²) in [5, 5.41) is 3.24. The summed E-state index contributed by atoms with van der Waals surface area (Å²) in [6, 6.07) is 9.56. The lowest BCUT2D eigenvalue weighted by molar-refractivity contribution is 0.310. The van der Waals surface area contributed by atoms with Crippen LogP contribution in [0.25, 0.3) is 0 Å². The Bertz CT molecular complexity index is 459. The van der Waals surface area contributed by atoms with Crippen molar-refractivity contribution < 1.29 is 8.42 Å². The molecule has 1 aliphatic rings. The van der Waals surface area contributed by atoms with E-state index in [9.17, 15) is 8.42 Å². The first-order chi connectivity index (χ1) is 8.08. The first-order valence-electron chi connectivity index (χ1n) is 5.83. The summed E-state index contributed by atoms with van der Waals surface area (Å²) >= 11 is 0. The molecule has 1 unspecified atom stereocenters. The largest absolute Gasteiger partial charge is 0.312 e. The smallest absolute Gasteiger partial charge is 0.218 e. The van der Waals surface area contributed by atoms with Crippen LogP contribution >= 0.6 is 0 Å². The fraction of sp³-hybridized carbons (Fsp3) is 0.500. The van der Waals surface area contributed by atoms with E-state index >= 15 is 0 Å². The lowest BCUT2D eigenvalue weighted by Crippen LogP contribution is -2.51. The van der Waals surface area contributed by atoms with Crippen molar-refractivity contribution in [1.82, 2.24) is 9.62 Å². The molecule has 5 heteroatoms. The molecule has 1 aromatic carbocycles. The van der Waals surface area contributed by atoms with Crippen LogP contribution in [0.15, 0.2) is 30.3 Å². The standard InChI is InChI=1S/C12H18N2O2S/c1-11-9-14(8-7-13-11)17(15,16)10-12-5-3-2-4-6-12/h2-6,11,13H,7-10H2,1H3. The second-order valence-electron chi connectivity index (χ2n) is 4.46. The number of nitrogens with one attached hydrogen (secondary N) is 1. The van der Waals surface area contributed by atoms with Crippen LogP contribution < -0.4 is 5.32 Å². The molecule has 0 aromatic heterocycles. The van der Waals surface area contributed by atoms with Crippen molar-refractivity contribution in [3.8, 4) is 0 Å². The Morgan fingerprint density at radius 3 is 2.71 bits per heavy atom. The Labute approximate surface area is 103 Å². The highest BCUT2D eigenvalue weighted by Crippen LogP contribution is 2.12. The summed E-state index contributed by atoms with van der Waals surface area (Å²) in [6.07, 6.45) is 0. The first kappa shape index (κ1) is 12.5. The molecule has 1 saturated heterocycles. The van der Waals surface area contributed by atoms with E-state index in [1.165, 1.54) is 0 Å². The Morgan fingerprint density at radius 2 is 2.06 bits per heavy atom. The van der Waals surface area contributed by atoms with Gasteiger partial charge < -0.3 is 5.32 Å². The number of benzene rings is 1. The minimum atomic E-state index is -3.18. The maximum absolute atomic E-state index is 12.2. The zero-order valence-corrected chi connectivity index (χ0v) is 10.8. The second kappa shape index (κ2) is 5.16. The van der Waals surface area contributed by atoms with E-state index in [-0.39, 0.29) is 11.8 Å². The van der Waals surface area contributed by atoms with Crippen LogP contribution in [0, 0.1) is 0 Å². The van der Waals surface area contributed by atoms with Crippen molar-refractivity contribution >= 4 is 10.0 Å². The molecule has 94 valence electrons. The highest BCUT2D eigenvalue weighted by atomic mass is 32.2. The summed E-state index contributed by atoms with van der Waals surface area (Å²) in [5.74, 6) is 0.0978. The minimum Gasteiger partial charge on any atom is -0.312 e. The van der Waals surface area contributed by atoms with Crippen LogP contribution in [0.2, 0.25) is 0 Å². The molecule has 0 aliphatic carbocycles. The third-order valence-electron chi connectivity index (χ3n) is 2.92. The van der Waals surface area contributed by atoms with Gasteiger partial charge in [-0.25, -0.2) is 8.42 Å². The average molecular weight is 254 g/mol. The van der Waals surface area contributed by atoms with Crippen LogP contribution in [0.5, 0.6) is 0 Å². The van der Waals surface area contributed by atoms with Gasteiger partial charge in [0, 0.05) is 25.7 Å². The Balaban J connectivity index is 2.08. The van der Waals surface area contributed by atoms with Gasteiger partial charge in [0.2, 0.25) is 10.0 Å². The summed E-state index contributed by atoms with van der Waals surface area (Å²) in [6.45, 7) is 3.87. The monoisotopic (exact) mass is 254 g/mol. The van der Waals surface area contributed by atoms with Crippen LogP contribution in [-0.4, -0.2) is 38.4 Å². The zero-order chi connectivity index (χ0) is 12.3. The van der Waals surface area contributed by atoms with Gasteiger partial charge in [0.25, 0.3) is 0 Å². The predicted molar refractivity (Wildman–Crippen MR) is 68.1 cm³/mol. The van der Waals surface area contributed by atoms with Crippen molar-refractivity contribution in [2.75, 3.05) is 19.6 Å². The van der Waals surface area contributed by atoms with Gasteiger partial charge in [-0.3, -0.25) is 0 Å². The fourth-order valence-electron chi connectivity index (χ4n) is 2.03. The maximum Gasteiger partial charge on any atom is 0.218 e. The molecule has 1 heterocycles. The number of sulfonamides is 1. The number of rotatable bonds is 3. The third kappa shape index (κ3) is 3.28. The van der Waals surface area contributed by atoms with Gasteiger partial charge in [-0.05, 0) is 12.5 Å². The van der Waals surface area contributed by atoms with Gasteiger partial charge in [0.1, 0.15) is 0 Å². The molecule has 4 nitrogen and oxygen atoms in total. The van der Waals surface area contributed by atoms with Gasteiger partial charge in [0.15, 0.2) is 0 Å². The van der Waals surface area contributed by atoms with Gasteiger partial charge in [-0.2, -0.15) is 4.31 Å². The molecule has 0 saturated carbocycles. The lowest BCUT2D eigenvalue weighted by atomic mass is 10.2. The average Bonchev–Trinajstić information content (AvgIpc) is 2.30. The Kier molecular flexibility index (Phi) is 3.81. The van der Waals surface area contributed by atoms with E-state index in [4.69, 9.17) is 0 Å². The number of hydrogen-bond acceptors (Lipinski definition) is 3. The highest BCUT2D eigenvalue weighted by molar-refractivity contribution is 7.88. The highest BCUT2D eigenvalue weighted by Gasteiger charge is 2.26. The van der Waals surface area contributed by atoms with Gasteiger partial charge in [-0.15, -0.1) is 0 Å². The SMILES string of the molecule is CC1CN(S(=O)(=O)Cc2ccccc2)CCN1. The third-order valence-corrected chi connectivity index (χ3v) is 4.73. The molecule has 0 radical (unpaired) electrons. The Hall–Kier alpha value is -0.910. The first-order valence-corrected chi connectivity index (χ1v) is 7.44. The minimum absolute atomic E-state index is 0.0978. The van der Waals surface area contributed by atoms with Crippen molar-refractivity contribution in [1.29, 1.82) is 0 Å². The Morgan fingerprint density at radius 1 is 1.35 bits per heavy atom. The van der Waals surface area contributed by atoms with Crippen molar-refractivity contribution in [2.24, 2.45) is 0 Å². The van der Waals surface area contributed by atoms with Crippen LogP contribution in [0.1, 0.15) is 12.5 Å². The number of piperazine rings is 1. The zero-order valence-electron chi connectivity index (χ0n) is 9.96. The van der Waals surface area contributed by atoms with Crippen molar-refractivity contribution in [3.63, 3.8) is 0 Å². The molecule has 1 fully saturated rings. The van der Waals surface area contributed by atoms with Gasteiger partial charge in [-0.1, -0.05) is 30.3 Å². The van der Waals surface area contributed by atoms with E-state index in [1.54, 1.807) is 4.31 Å². The van der Waals surface area contributed by atoms with E-state index in [1.807, 2.05) is 37.3 Å². The molecule has 1 N–H and O–H groups in total. The summed E-state index contributed by atoms with van der Waals surface area (Å²) in [7, 11) is -3.18. The normalized spacial score (nSPS) is 22.5. The molecule has 0 amide bonds. The molecule has 0 bridgehead atoms. The topological polar surface area (TPSA) is 49.4 Å². The molecular weight excluding hydrogens is 236 g/mol. The summed E-state index contributed by atoms with van der Waals surface area (Å²) < 4.78 is 26.0. The predicted octanol–water partition coefficient (Wildman–Crippen LogP) is 0.810. The number of hydrogen-bond donors (Lipinski definition) is 1. The van der Waals surface area contributed by atoms with E-state index < -0.39 is 10.0 Å². The molecular formula is C12H18N2O2S. The summed E-state index contributed by atoms with van der Waals surface area (Å²) in [4.78, 5) is 0. The van der Waals surface area contributed by atoms with Gasteiger partial charge >= 0.3 is 0 Å². The molecule has 1 atom stereocenters. The maximum atomic E-state index is 12.2. The molecule has 0 spiro atoms. The van der Waals surface area contributed by atoms with E-state index in [0.29, 0.717) is 13.1 Å². The van der Waals surface area contributed by atoms with Crippen LogP contribution in [0.3, 0.4) is 0 Å². The number of nitrogens with zero attached hydrogens (tertiary/aromatic N) is 1. The summed E-state index contributed by atoms with van der Waals surface area (Å²) in [5.41, 5.74) is 0.846. The van der Waals surface area contributed by atoms with Crippen LogP contribution in [0.4, 0.5) is 0 Å². The molecule has 2 rings (SSSR count). The van der Waals surface area contributed by atoms with E-state index in [2.05, 4.69) is 5.32 Å². The van der Waals surface area contributed by atoms with Crippen LogP contribution in [-0.2, 0) is 15.8 Å². The quantitative estimate of drug-likeness (QED) is 0.868. The molecule has 1 aromatic rings.